The van der Waals surface area contributed by atoms with E-state index in [1.165, 1.54) is 11.8 Å². The van der Waals surface area contributed by atoms with E-state index in [9.17, 15) is 9.59 Å². The Labute approximate surface area is 201 Å². The second-order valence-electron chi connectivity index (χ2n) is 7.21. The highest BCUT2D eigenvalue weighted by Crippen LogP contribution is 2.33. The number of nitrogens with zero attached hydrogens (tertiary/aromatic N) is 2. The minimum atomic E-state index is -0.392. The molecule has 0 saturated heterocycles. The van der Waals surface area contributed by atoms with Gasteiger partial charge < -0.3 is 14.8 Å². The maximum Gasteiger partial charge on any atom is 0.338 e. The number of fused-ring (bicyclic) bond motifs is 1. The van der Waals surface area contributed by atoms with Crippen LogP contribution >= 0.6 is 11.8 Å². The van der Waals surface area contributed by atoms with Gasteiger partial charge >= 0.3 is 5.97 Å². The number of methoxy groups -OCH3 is 1. The van der Waals surface area contributed by atoms with Gasteiger partial charge in [0, 0.05) is 16.6 Å². The molecule has 0 spiro atoms. The van der Waals surface area contributed by atoms with Gasteiger partial charge in [-0.3, -0.25) is 4.79 Å². The highest BCUT2D eigenvalue weighted by atomic mass is 32.2. The van der Waals surface area contributed by atoms with E-state index in [2.05, 4.69) is 5.32 Å². The molecule has 4 rings (SSSR count). The lowest BCUT2D eigenvalue weighted by Crippen LogP contribution is -2.14. The number of nitrogens with one attached hydrogen (secondary N) is 1. The minimum Gasteiger partial charge on any atom is -0.494 e. The van der Waals surface area contributed by atoms with Crippen molar-refractivity contribution in [2.45, 2.75) is 11.9 Å². The van der Waals surface area contributed by atoms with Gasteiger partial charge in [-0.2, -0.15) is 0 Å². The Kier molecular flexibility index (Phi) is 7.39. The molecule has 8 heteroatoms. The van der Waals surface area contributed by atoms with Crippen molar-refractivity contribution in [2.24, 2.45) is 0 Å². The number of ether oxygens (including phenoxy) is 2. The third kappa shape index (κ3) is 5.35. The van der Waals surface area contributed by atoms with Crippen molar-refractivity contribution >= 4 is 40.2 Å². The van der Waals surface area contributed by atoms with Crippen molar-refractivity contribution in [3.63, 3.8) is 0 Å². The van der Waals surface area contributed by atoms with Gasteiger partial charge in [-0.15, -0.1) is 0 Å². The monoisotopic (exact) mass is 473 g/mol. The lowest BCUT2D eigenvalue weighted by atomic mass is 10.2. The van der Waals surface area contributed by atoms with Crippen molar-refractivity contribution < 1.29 is 19.1 Å². The second kappa shape index (κ2) is 10.8. The quantitative estimate of drug-likeness (QED) is 0.213. The lowest BCUT2D eigenvalue weighted by Gasteiger charge is -2.11. The largest absolute Gasteiger partial charge is 0.494 e. The first-order valence-electron chi connectivity index (χ1n) is 10.7. The van der Waals surface area contributed by atoms with E-state index in [0.29, 0.717) is 40.0 Å². The number of amides is 1. The molecule has 0 aliphatic heterocycles. The highest BCUT2D eigenvalue weighted by Gasteiger charge is 2.15. The van der Waals surface area contributed by atoms with Crippen molar-refractivity contribution in [2.75, 3.05) is 24.8 Å². The summed E-state index contributed by atoms with van der Waals surface area (Å²) in [6, 6.07) is 21.9. The minimum absolute atomic E-state index is 0.150. The molecule has 1 N–H and O–H groups in total. The van der Waals surface area contributed by atoms with Crippen LogP contribution in [0.1, 0.15) is 17.3 Å². The van der Waals surface area contributed by atoms with Crippen molar-refractivity contribution in [1.29, 1.82) is 0 Å². The van der Waals surface area contributed by atoms with Crippen molar-refractivity contribution in [1.82, 2.24) is 9.97 Å². The Balaban J connectivity index is 1.53. The first kappa shape index (κ1) is 23.3. The van der Waals surface area contributed by atoms with Crippen molar-refractivity contribution in [3.8, 4) is 17.1 Å². The number of para-hydroxylation sites is 1. The molecule has 3 aromatic carbocycles. The third-order valence-corrected chi connectivity index (χ3v) is 5.92. The molecule has 0 fully saturated rings. The van der Waals surface area contributed by atoms with E-state index < -0.39 is 5.97 Å². The topological polar surface area (TPSA) is 90.4 Å². The predicted molar refractivity (Wildman–Crippen MR) is 133 cm³/mol. The van der Waals surface area contributed by atoms with Crippen LogP contribution in [0.25, 0.3) is 22.3 Å². The van der Waals surface area contributed by atoms with E-state index in [1.807, 2.05) is 48.5 Å². The van der Waals surface area contributed by atoms with Crippen LogP contribution in [0.5, 0.6) is 5.75 Å². The summed E-state index contributed by atoms with van der Waals surface area (Å²) in [5.41, 5.74) is 2.60. The zero-order valence-corrected chi connectivity index (χ0v) is 19.6. The Morgan fingerprint density at radius 1 is 0.941 bits per heavy atom. The maximum atomic E-state index is 12.6. The van der Waals surface area contributed by atoms with E-state index >= 15 is 0 Å². The summed E-state index contributed by atoms with van der Waals surface area (Å²) < 4.78 is 10.5. The van der Waals surface area contributed by atoms with Crippen LogP contribution in [0.2, 0.25) is 0 Å². The molecule has 7 nitrogen and oxygen atoms in total. The zero-order chi connectivity index (χ0) is 23.9. The number of aromatic nitrogens is 2. The summed E-state index contributed by atoms with van der Waals surface area (Å²) in [6.45, 7) is 2.06. The number of hydrogen-bond donors (Lipinski definition) is 1. The molecule has 0 radical (unpaired) electrons. The molecule has 0 bridgehead atoms. The standard InChI is InChI=1S/C26H23N3O4S/c1-3-33-26(31)18-12-14-19(15-13-18)27-22(30)16-34-25-20-10-7-11-21(32-2)23(20)28-24(29-25)17-8-5-4-6-9-17/h4-15H,3,16H2,1-2H3,(H,27,30). The van der Waals surface area contributed by atoms with E-state index in [1.54, 1.807) is 38.3 Å². The summed E-state index contributed by atoms with van der Waals surface area (Å²) in [6.07, 6.45) is 0. The number of benzene rings is 3. The van der Waals surface area contributed by atoms with E-state index in [0.717, 1.165) is 10.9 Å². The van der Waals surface area contributed by atoms with Crippen LogP contribution in [0.15, 0.2) is 77.8 Å². The summed E-state index contributed by atoms with van der Waals surface area (Å²) in [7, 11) is 1.60. The summed E-state index contributed by atoms with van der Waals surface area (Å²) in [5.74, 6) is 0.776. The second-order valence-corrected chi connectivity index (χ2v) is 8.17. The molecule has 34 heavy (non-hydrogen) atoms. The molecule has 1 heterocycles. The Hall–Kier alpha value is -3.91. The van der Waals surface area contributed by atoms with Crippen LogP contribution in [-0.4, -0.2) is 41.3 Å². The van der Waals surface area contributed by atoms with Crippen LogP contribution in [0.4, 0.5) is 5.69 Å². The molecule has 172 valence electrons. The Morgan fingerprint density at radius 3 is 2.41 bits per heavy atom. The average Bonchev–Trinajstić information content (AvgIpc) is 2.87. The van der Waals surface area contributed by atoms with Crippen LogP contribution in [-0.2, 0) is 9.53 Å². The fourth-order valence-electron chi connectivity index (χ4n) is 3.32. The molecule has 0 atom stereocenters. The number of hydrogen-bond acceptors (Lipinski definition) is 7. The molecule has 0 saturated carbocycles. The maximum absolute atomic E-state index is 12.6. The average molecular weight is 474 g/mol. The first-order chi connectivity index (χ1) is 16.6. The van der Waals surface area contributed by atoms with Crippen molar-refractivity contribution in [3.05, 3.63) is 78.4 Å². The van der Waals surface area contributed by atoms with Gasteiger partial charge in [-0.05, 0) is 43.3 Å². The molecular formula is C26H23N3O4S. The van der Waals surface area contributed by atoms with Gasteiger partial charge in [0.25, 0.3) is 0 Å². The molecular weight excluding hydrogens is 450 g/mol. The summed E-state index contributed by atoms with van der Waals surface area (Å²) >= 11 is 1.33. The van der Waals surface area contributed by atoms with Crippen LogP contribution in [0, 0.1) is 0 Å². The number of anilines is 1. The van der Waals surface area contributed by atoms with Gasteiger partial charge in [0.15, 0.2) is 5.82 Å². The number of rotatable bonds is 8. The van der Waals surface area contributed by atoms with E-state index in [4.69, 9.17) is 19.4 Å². The summed E-state index contributed by atoms with van der Waals surface area (Å²) in [4.78, 5) is 33.9. The lowest BCUT2D eigenvalue weighted by molar-refractivity contribution is -0.113. The van der Waals surface area contributed by atoms with Gasteiger partial charge in [0.05, 0.1) is 25.0 Å². The fourth-order valence-corrected chi connectivity index (χ4v) is 4.13. The fraction of sp³-hybridized carbons (Fsp3) is 0.154. The number of carbonyl (C=O) groups is 2. The van der Waals surface area contributed by atoms with Gasteiger partial charge in [0.1, 0.15) is 16.3 Å². The summed E-state index contributed by atoms with van der Waals surface area (Å²) in [5, 5.41) is 4.35. The number of esters is 1. The number of thioether (sulfide) groups is 1. The number of carbonyl (C=O) groups excluding carboxylic acids is 2. The first-order valence-corrected chi connectivity index (χ1v) is 11.7. The smallest absolute Gasteiger partial charge is 0.338 e. The Morgan fingerprint density at radius 2 is 1.71 bits per heavy atom. The normalized spacial score (nSPS) is 10.6. The van der Waals surface area contributed by atoms with E-state index in [-0.39, 0.29) is 11.7 Å². The molecule has 0 aliphatic rings. The SMILES string of the molecule is CCOC(=O)c1ccc(NC(=O)CSc2nc(-c3ccccc3)nc3c(OC)cccc23)cc1. The molecule has 0 unspecified atom stereocenters. The predicted octanol–water partition coefficient (Wildman–Crippen LogP) is 5.21. The zero-order valence-electron chi connectivity index (χ0n) is 18.8. The molecule has 0 aliphatic carbocycles. The van der Waals surface area contributed by atoms with Crippen LogP contribution < -0.4 is 10.1 Å². The molecule has 4 aromatic rings. The Bertz CT molecular complexity index is 1310. The molecule has 1 amide bonds. The molecule has 1 aromatic heterocycles. The highest BCUT2D eigenvalue weighted by molar-refractivity contribution is 8.00. The van der Waals surface area contributed by atoms with Gasteiger partial charge in [0.2, 0.25) is 5.91 Å². The van der Waals surface area contributed by atoms with Gasteiger partial charge in [-0.1, -0.05) is 48.2 Å². The van der Waals surface area contributed by atoms with Gasteiger partial charge in [-0.25, -0.2) is 14.8 Å². The van der Waals surface area contributed by atoms with Crippen LogP contribution in [0.3, 0.4) is 0 Å². The third-order valence-electron chi connectivity index (χ3n) is 4.93.